The Kier molecular flexibility index (Phi) is 9.70. The maximum Gasteiger partial charge on any atom is 0.242 e. The summed E-state index contributed by atoms with van der Waals surface area (Å²) in [5, 5.41) is 0.891. The van der Waals surface area contributed by atoms with Gasteiger partial charge < -0.3 is 21.8 Å². The molecule has 0 aliphatic rings. The van der Waals surface area contributed by atoms with E-state index >= 15 is 0 Å². The zero-order chi connectivity index (χ0) is 24.3. The van der Waals surface area contributed by atoms with Gasteiger partial charge in [-0.3, -0.25) is 0 Å². The first-order chi connectivity index (χ1) is 13.8. The smallest absolute Gasteiger partial charge is 0.242 e. The van der Waals surface area contributed by atoms with Gasteiger partial charge in [0.15, 0.2) is 14.1 Å². The Morgan fingerprint density at radius 3 is 1.71 bits per heavy atom. The number of benzene rings is 1. The summed E-state index contributed by atoms with van der Waals surface area (Å²) in [5.41, 5.74) is 0.929. The van der Waals surface area contributed by atoms with Crippen LogP contribution in [0.15, 0.2) is 23.6 Å². The SMILES string of the molecule is C[Si](C)(C)O[SiH2]C(O[SiH3])=C(O[Si](C)(C)C)c1cccc(O[Si](C)(C)C)c1O[Si](C)(C)C. The summed E-state index contributed by atoms with van der Waals surface area (Å²) in [4.78, 5) is 0. The highest BCUT2D eigenvalue weighted by atomic mass is 28.4. The van der Waals surface area contributed by atoms with Gasteiger partial charge in [0.2, 0.25) is 45.2 Å². The van der Waals surface area contributed by atoms with Gasteiger partial charge in [-0.05, 0) is 90.7 Å². The van der Waals surface area contributed by atoms with Gasteiger partial charge in [0.1, 0.15) is 16.9 Å². The molecule has 5 nitrogen and oxygen atoms in total. The first-order valence-corrected chi connectivity index (χ1v) is 26.7. The zero-order valence-electron chi connectivity index (χ0n) is 22.0. The molecular weight excluding hydrogens is 489 g/mol. The second kappa shape index (κ2) is 10.6. The first kappa shape index (κ1) is 28.5. The fraction of sp³-hybridized carbons (Fsp3) is 0.600. The monoisotopic (exact) mass is 532 g/mol. The van der Waals surface area contributed by atoms with E-state index in [2.05, 4.69) is 84.6 Å². The van der Waals surface area contributed by atoms with Crippen molar-refractivity contribution in [1.82, 2.24) is 0 Å². The minimum Gasteiger partial charge on any atom is -0.555 e. The van der Waals surface area contributed by atoms with E-state index in [1.807, 2.05) is 12.1 Å². The second-order valence-electron chi connectivity index (χ2n) is 11.6. The lowest BCUT2D eigenvalue weighted by Crippen LogP contribution is -2.33. The summed E-state index contributed by atoms with van der Waals surface area (Å²) >= 11 is 0. The molecule has 0 N–H and O–H groups in total. The van der Waals surface area contributed by atoms with Gasteiger partial charge >= 0.3 is 0 Å². The van der Waals surface area contributed by atoms with Gasteiger partial charge in [-0.2, -0.15) is 0 Å². The number of hydrogen-bond acceptors (Lipinski definition) is 5. The first-order valence-electron chi connectivity index (χ1n) is 10.9. The van der Waals surface area contributed by atoms with Crippen LogP contribution in [0.1, 0.15) is 5.56 Å². The predicted octanol–water partition coefficient (Wildman–Crippen LogP) is 4.82. The lowest BCUT2D eigenvalue weighted by molar-refractivity contribution is 0.434. The molecule has 1 rings (SSSR count). The molecule has 178 valence electrons. The maximum absolute atomic E-state index is 6.66. The summed E-state index contributed by atoms with van der Waals surface area (Å²) in [7, 11) is -7.81. The van der Waals surface area contributed by atoms with Crippen molar-refractivity contribution in [2.45, 2.75) is 78.6 Å². The van der Waals surface area contributed by atoms with E-state index in [1.54, 1.807) is 0 Å². The Labute approximate surface area is 199 Å². The van der Waals surface area contributed by atoms with Crippen LogP contribution in [0.25, 0.3) is 5.76 Å². The third kappa shape index (κ3) is 11.2. The van der Waals surface area contributed by atoms with Crippen molar-refractivity contribution in [3.8, 4) is 11.5 Å². The molecule has 0 atom stereocenters. The van der Waals surface area contributed by atoms with Crippen molar-refractivity contribution in [1.29, 1.82) is 0 Å². The molecule has 0 saturated heterocycles. The van der Waals surface area contributed by atoms with Crippen molar-refractivity contribution in [2.24, 2.45) is 0 Å². The highest BCUT2D eigenvalue weighted by Gasteiger charge is 2.30. The topological polar surface area (TPSA) is 46.2 Å². The molecule has 0 radical (unpaired) electrons. The van der Waals surface area contributed by atoms with E-state index in [1.165, 1.54) is 0 Å². The fourth-order valence-corrected chi connectivity index (χ4v) is 8.51. The number of para-hydroxylation sites is 1. The van der Waals surface area contributed by atoms with Crippen LogP contribution in [-0.2, 0) is 13.0 Å². The van der Waals surface area contributed by atoms with Crippen LogP contribution in [0.3, 0.4) is 0 Å². The molecular formula is C20H44O5Si6. The van der Waals surface area contributed by atoms with Crippen LogP contribution in [0.4, 0.5) is 0 Å². The fourth-order valence-electron chi connectivity index (χ4n) is 2.58. The van der Waals surface area contributed by atoms with Crippen molar-refractivity contribution in [3.05, 3.63) is 29.1 Å². The van der Waals surface area contributed by atoms with Gasteiger partial charge in [-0.15, -0.1) is 0 Å². The maximum atomic E-state index is 6.66. The zero-order valence-corrected chi connectivity index (χ0v) is 29.4. The van der Waals surface area contributed by atoms with E-state index in [0.29, 0.717) is 10.5 Å². The molecule has 0 spiro atoms. The molecule has 0 saturated carbocycles. The van der Waals surface area contributed by atoms with E-state index < -0.39 is 43.0 Å². The van der Waals surface area contributed by atoms with E-state index in [9.17, 15) is 0 Å². The van der Waals surface area contributed by atoms with Crippen molar-refractivity contribution >= 4 is 59.3 Å². The molecule has 0 amide bonds. The highest BCUT2D eigenvalue weighted by molar-refractivity contribution is 6.75. The Morgan fingerprint density at radius 2 is 1.29 bits per heavy atom. The normalized spacial score (nSPS) is 14.6. The Bertz CT molecular complexity index is 770. The van der Waals surface area contributed by atoms with E-state index in [-0.39, 0.29) is 0 Å². The molecule has 0 bridgehead atoms. The average molecular weight is 533 g/mol. The predicted molar refractivity (Wildman–Crippen MR) is 150 cm³/mol. The van der Waals surface area contributed by atoms with Crippen molar-refractivity contribution in [2.75, 3.05) is 0 Å². The standard InChI is InChI=1S/C20H44O5Si6/c1-28(2,3)22-17-15-13-14-16(18(17)23-29(4,5)6)19(24-30(7,8)9)20(21-26)27-25-31(10,11)12/h13-15H,27H2,1-12,26H3. The van der Waals surface area contributed by atoms with Gasteiger partial charge in [0.25, 0.3) is 0 Å². The Balaban J connectivity index is 3.76. The summed E-state index contributed by atoms with van der Waals surface area (Å²) in [6.45, 7) is 26.4. The minimum absolute atomic E-state index is 0.587. The summed E-state index contributed by atoms with van der Waals surface area (Å²) in [6.07, 6.45) is 0. The minimum atomic E-state index is -1.92. The van der Waals surface area contributed by atoms with Crippen LogP contribution in [-0.4, -0.2) is 53.5 Å². The summed E-state index contributed by atoms with van der Waals surface area (Å²) < 4.78 is 32.1. The second-order valence-corrected chi connectivity index (χ2v) is 31.6. The number of rotatable bonds is 11. The van der Waals surface area contributed by atoms with Crippen LogP contribution in [0.2, 0.25) is 78.6 Å². The van der Waals surface area contributed by atoms with Gasteiger partial charge in [-0.1, -0.05) is 6.07 Å². The highest BCUT2D eigenvalue weighted by Crippen LogP contribution is 2.40. The number of hydrogen-bond donors (Lipinski definition) is 0. The van der Waals surface area contributed by atoms with Gasteiger partial charge in [0.05, 0.1) is 5.56 Å². The van der Waals surface area contributed by atoms with Crippen LogP contribution >= 0.6 is 0 Å². The molecule has 0 unspecified atom stereocenters. The quantitative estimate of drug-likeness (QED) is 0.302. The van der Waals surface area contributed by atoms with Crippen molar-refractivity contribution < 1.29 is 21.8 Å². The molecule has 1 aromatic rings. The largest absolute Gasteiger partial charge is 0.555 e. The van der Waals surface area contributed by atoms with Gasteiger partial charge in [-0.25, -0.2) is 0 Å². The van der Waals surface area contributed by atoms with E-state index in [0.717, 1.165) is 28.2 Å². The van der Waals surface area contributed by atoms with Crippen LogP contribution in [0, 0.1) is 0 Å². The molecule has 0 aliphatic heterocycles. The summed E-state index contributed by atoms with van der Waals surface area (Å²) in [5.74, 6) is 2.39. The molecule has 0 aliphatic carbocycles. The lowest BCUT2D eigenvalue weighted by atomic mass is 10.1. The van der Waals surface area contributed by atoms with Crippen LogP contribution < -0.4 is 8.85 Å². The molecule has 31 heavy (non-hydrogen) atoms. The molecule has 11 heteroatoms. The lowest BCUT2D eigenvalue weighted by Gasteiger charge is -2.31. The third-order valence-electron chi connectivity index (χ3n) is 3.59. The summed E-state index contributed by atoms with van der Waals surface area (Å²) in [6, 6.07) is 6.12. The molecule has 0 heterocycles. The van der Waals surface area contributed by atoms with Crippen LogP contribution in [0.5, 0.6) is 11.5 Å². The van der Waals surface area contributed by atoms with Crippen molar-refractivity contribution in [3.63, 3.8) is 0 Å². The Hall–Kier alpha value is -0.579. The Morgan fingerprint density at radius 1 is 0.742 bits per heavy atom. The van der Waals surface area contributed by atoms with E-state index in [4.69, 9.17) is 21.8 Å². The molecule has 0 fully saturated rings. The van der Waals surface area contributed by atoms with Gasteiger partial charge in [0, 0.05) is 0 Å². The third-order valence-corrected chi connectivity index (χ3v) is 12.0. The molecule has 0 aromatic heterocycles. The molecule has 1 aromatic carbocycles. The average Bonchev–Trinajstić information content (AvgIpc) is 2.51.